The van der Waals surface area contributed by atoms with Gasteiger partial charge in [0, 0.05) is 13.0 Å². The van der Waals surface area contributed by atoms with Crippen LogP contribution in [0.15, 0.2) is 0 Å². The van der Waals surface area contributed by atoms with Crippen LogP contribution in [0.5, 0.6) is 0 Å². The third kappa shape index (κ3) is 4.19. The van der Waals surface area contributed by atoms with Crippen LogP contribution >= 0.6 is 0 Å². The molecule has 1 fully saturated rings. The minimum absolute atomic E-state index is 0.0200. The van der Waals surface area contributed by atoms with Crippen LogP contribution in [0.2, 0.25) is 0 Å². The summed E-state index contributed by atoms with van der Waals surface area (Å²) in [7, 11) is 0. The largest absolute Gasteiger partial charge is 0.479 e. The summed E-state index contributed by atoms with van der Waals surface area (Å²) in [5.41, 5.74) is 4.65. The first-order chi connectivity index (χ1) is 9.79. The van der Waals surface area contributed by atoms with Crippen molar-refractivity contribution >= 4 is 11.9 Å². The molecule has 1 aliphatic rings. The molecule has 0 saturated carbocycles. The van der Waals surface area contributed by atoms with Crippen molar-refractivity contribution in [3.8, 4) is 0 Å². The maximum Gasteiger partial charge on any atom is 0.329 e. The fourth-order valence-electron chi connectivity index (χ4n) is 3.34. The summed E-state index contributed by atoms with van der Waals surface area (Å²) in [6.07, 6.45) is 4.71. The average Bonchev–Trinajstić information content (AvgIpc) is 2.81. The Morgan fingerprint density at radius 1 is 1.33 bits per heavy atom. The third-order valence-corrected chi connectivity index (χ3v) is 4.69. The van der Waals surface area contributed by atoms with Gasteiger partial charge in [-0.15, -0.1) is 0 Å². The highest BCUT2D eigenvalue weighted by Gasteiger charge is 2.48. The van der Waals surface area contributed by atoms with Crippen molar-refractivity contribution in [3.05, 3.63) is 0 Å². The Labute approximate surface area is 127 Å². The predicted octanol–water partition coefficient (Wildman–Crippen LogP) is 2.39. The molecule has 1 rings (SSSR count). The van der Waals surface area contributed by atoms with Crippen LogP contribution in [0.3, 0.4) is 0 Å². The van der Waals surface area contributed by atoms with Gasteiger partial charge in [0.15, 0.2) is 0 Å². The molecule has 0 aromatic rings. The lowest BCUT2D eigenvalue weighted by molar-refractivity contribution is -0.157. The lowest BCUT2D eigenvalue weighted by Crippen LogP contribution is -2.53. The number of likely N-dealkylation sites (tertiary alicyclic amines) is 1. The van der Waals surface area contributed by atoms with E-state index < -0.39 is 11.5 Å². The highest BCUT2D eigenvalue weighted by Crippen LogP contribution is 2.35. The van der Waals surface area contributed by atoms with Crippen molar-refractivity contribution in [2.24, 2.45) is 11.1 Å². The summed E-state index contributed by atoms with van der Waals surface area (Å²) in [6, 6.07) is 0. The van der Waals surface area contributed by atoms with Gasteiger partial charge in [0.2, 0.25) is 5.91 Å². The number of carbonyl (C=O) groups excluding carboxylic acids is 1. The minimum Gasteiger partial charge on any atom is -0.479 e. The Kier molecular flexibility index (Phi) is 6.20. The summed E-state index contributed by atoms with van der Waals surface area (Å²) >= 11 is 0. The molecule has 5 heteroatoms. The molecule has 1 atom stereocenters. The summed E-state index contributed by atoms with van der Waals surface area (Å²) in [5, 5.41) is 9.62. The number of rotatable bonds is 8. The number of carboxylic acid groups (broad SMARTS) is 1. The number of nitrogens with zero attached hydrogens (tertiary/aromatic N) is 1. The second-order valence-corrected chi connectivity index (χ2v) is 6.94. The molecule has 0 spiro atoms. The van der Waals surface area contributed by atoms with Crippen LogP contribution < -0.4 is 5.73 Å². The first-order valence-corrected chi connectivity index (χ1v) is 8.03. The van der Waals surface area contributed by atoms with E-state index in [1.165, 1.54) is 0 Å². The Morgan fingerprint density at radius 3 is 2.52 bits per heavy atom. The summed E-state index contributed by atoms with van der Waals surface area (Å²) in [6.45, 7) is 7.36. The van der Waals surface area contributed by atoms with E-state index in [1.54, 1.807) is 4.90 Å². The van der Waals surface area contributed by atoms with Gasteiger partial charge in [0.05, 0.1) is 0 Å². The zero-order valence-electron chi connectivity index (χ0n) is 13.7. The third-order valence-electron chi connectivity index (χ3n) is 4.69. The van der Waals surface area contributed by atoms with Crippen LogP contribution in [-0.4, -0.2) is 40.5 Å². The number of amides is 1. The average molecular weight is 298 g/mol. The highest BCUT2D eigenvalue weighted by atomic mass is 16.4. The van der Waals surface area contributed by atoms with E-state index in [-0.39, 0.29) is 11.3 Å². The van der Waals surface area contributed by atoms with E-state index in [9.17, 15) is 14.7 Å². The van der Waals surface area contributed by atoms with E-state index in [0.717, 1.165) is 25.7 Å². The van der Waals surface area contributed by atoms with E-state index in [1.807, 2.05) is 6.92 Å². The van der Waals surface area contributed by atoms with E-state index in [2.05, 4.69) is 13.8 Å². The van der Waals surface area contributed by atoms with Crippen LogP contribution in [-0.2, 0) is 9.59 Å². The maximum absolute atomic E-state index is 12.5. The standard InChI is InChI=1S/C16H30N2O3/c1-4-7-16(14(20)21)8-5-12-18(16)13(19)6-9-15(2,3)10-11-17/h4-12,17H2,1-3H3,(H,20,21). The van der Waals surface area contributed by atoms with Gasteiger partial charge in [-0.1, -0.05) is 27.2 Å². The quantitative estimate of drug-likeness (QED) is 0.720. The molecule has 122 valence electrons. The van der Waals surface area contributed by atoms with Gasteiger partial charge in [-0.3, -0.25) is 4.79 Å². The molecule has 0 bridgehead atoms. The maximum atomic E-state index is 12.5. The summed E-state index contributed by atoms with van der Waals surface area (Å²) in [5.74, 6) is -0.870. The normalized spacial score (nSPS) is 22.6. The highest BCUT2D eigenvalue weighted by molar-refractivity contribution is 5.87. The molecular formula is C16H30N2O3. The number of hydrogen-bond acceptors (Lipinski definition) is 3. The number of carboxylic acids is 1. The van der Waals surface area contributed by atoms with Crippen LogP contribution in [0.1, 0.15) is 65.7 Å². The van der Waals surface area contributed by atoms with E-state index in [4.69, 9.17) is 5.73 Å². The van der Waals surface area contributed by atoms with Crippen molar-refractivity contribution in [1.82, 2.24) is 4.90 Å². The topological polar surface area (TPSA) is 83.6 Å². The monoisotopic (exact) mass is 298 g/mol. The number of hydrogen-bond donors (Lipinski definition) is 2. The van der Waals surface area contributed by atoms with Gasteiger partial charge in [0.25, 0.3) is 0 Å². The van der Waals surface area contributed by atoms with Gasteiger partial charge < -0.3 is 15.7 Å². The zero-order chi connectivity index (χ0) is 16.1. The molecule has 1 amide bonds. The SMILES string of the molecule is CCCC1(C(=O)O)CCCN1C(=O)CCC(C)(C)CCN. The molecule has 21 heavy (non-hydrogen) atoms. The fraction of sp³-hybridized carbons (Fsp3) is 0.875. The number of aliphatic carboxylic acids is 1. The second kappa shape index (κ2) is 7.25. The fourth-order valence-corrected chi connectivity index (χ4v) is 3.34. The van der Waals surface area contributed by atoms with Crippen LogP contribution in [0, 0.1) is 5.41 Å². The number of nitrogens with two attached hydrogens (primary N) is 1. The Balaban J connectivity index is 2.74. The Bertz CT molecular complexity index is 382. The molecule has 0 aromatic carbocycles. The van der Waals surface area contributed by atoms with Gasteiger partial charge in [-0.05, 0) is 44.1 Å². The first kappa shape index (κ1) is 18.0. The summed E-state index contributed by atoms with van der Waals surface area (Å²) in [4.78, 5) is 25.9. The molecule has 5 nitrogen and oxygen atoms in total. The van der Waals surface area contributed by atoms with Crippen molar-refractivity contribution in [2.75, 3.05) is 13.1 Å². The molecule has 0 radical (unpaired) electrons. The second-order valence-electron chi connectivity index (χ2n) is 6.94. The van der Waals surface area contributed by atoms with Crippen LogP contribution in [0.4, 0.5) is 0 Å². The van der Waals surface area contributed by atoms with Crippen molar-refractivity contribution in [3.63, 3.8) is 0 Å². The molecule has 1 heterocycles. The molecule has 1 saturated heterocycles. The molecule has 0 aliphatic carbocycles. The van der Waals surface area contributed by atoms with E-state index in [0.29, 0.717) is 32.4 Å². The Morgan fingerprint density at radius 2 is 2.00 bits per heavy atom. The molecule has 3 N–H and O–H groups in total. The minimum atomic E-state index is -0.968. The summed E-state index contributed by atoms with van der Waals surface area (Å²) < 4.78 is 0. The lowest BCUT2D eigenvalue weighted by Gasteiger charge is -2.35. The van der Waals surface area contributed by atoms with Crippen molar-refractivity contribution < 1.29 is 14.7 Å². The first-order valence-electron chi connectivity index (χ1n) is 8.03. The molecule has 1 unspecified atom stereocenters. The van der Waals surface area contributed by atoms with Crippen molar-refractivity contribution in [2.45, 2.75) is 71.3 Å². The number of carbonyl (C=O) groups is 2. The van der Waals surface area contributed by atoms with Gasteiger partial charge in [-0.2, -0.15) is 0 Å². The molecule has 1 aliphatic heterocycles. The molecule has 0 aromatic heterocycles. The lowest BCUT2D eigenvalue weighted by atomic mass is 9.84. The van der Waals surface area contributed by atoms with Crippen LogP contribution in [0.25, 0.3) is 0 Å². The van der Waals surface area contributed by atoms with Gasteiger partial charge in [-0.25, -0.2) is 4.79 Å². The van der Waals surface area contributed by atoms with E-state index >= 15 is 0 Å². The molecular weight excluding hydrogens is 268 g/mol. The smallest absolute Gasteiger partial charge is 0.329 e. The Hall–Kier alpha value is -1.10. The predicted molar refractivity (Wildman–Crippen MR) is 82.9 cm³/mol. The zero-order valence-corrected chi connectivity index (χ0v) is 13.7. The van der Waals surface area contributed by atoms with Gasteiger partial charge in [0.1, 0.15) is 5.54 Å². The van der Waals surface area contributed by atoms with Crippen molar-refractivity contribution in [1.29, 1.82) is 0 Å². The van der Waals surface area contributed by atoms with Gasteiger partial charge >= 0.3 is 5.97 Å².